The second-order valence-electron chi connectivity index (χ2n) is 8.30. The molecule has 1 aromatic heterocycles. The molecule has 0 spiro atoms. The van der Waals surface area contributed by atoms with Gasteiger partial charge in [-0.1, -0.05) is 13.8 Å². The van der Waals surface area contributed by atoms with Gasteiger partial charge in [-0.05, 0) is 69.9 Å². The molecule has 1 atom stereocenters. The number of nitrogens with one attached hydrogen (secondary N) is 1. The van der Waals surface area contributed by atoms with E-state index in [0.717, 1.165) is 6.42 Å². The summed E-state index contributed by atoms with van der Waals surface area (Å²) in [6.07, 6.45) is 0.763. The van der Waals surface area contributed by atoms with Crippen molar-refractivity contribution in [1.29, 1.82) is 0 Å². The molecule has 0 aliphatic carbocycles. The molecule has 0 radical (unpaired) electrons. The van der Waals surface area contributed by atoms with E-state index in [0.29, 0.717) is 40.6 Å². The molecule has 174 valence electrons. The monoisotopic (exact) mass is 442 g/mol. The third-order valence-electron chi connectivity index (χ3n) is 5.56. The lowest BCUT2D eigenvalue weighted by Gasteiger charge is -2.29. The molecule has 0 aliphatic rings. The first-order valence-corrected chi connectivity index (χ1v) is 11.0. The number of ether oxygens (including phenoxy) is 2. The molecule has 0 fully saturated rings. The molecular weight excluding hydrogens is 408 g/mol. The largest absolute Gasteiger partial charge is 0.497 e. The van der Waals surface area contributed by atoms with Crippen molar-refractivity contribution in [2.45, 2.75) is 54.0 Å². The lowest BCUT2D eigenvalue weighted by atomic mass is 9.98. The van der Waals surface area contributed by atoms with Crippen molar-refractivity contribution in [3.63, 3.8) is 0 Å². The minimum absolute atomic E-state index is 0.211. The Labute approximate surface area is 190 Å². The third-order valence-corrected chi connectivity index (χ3v) is 5.56. The molecule has 0 aliphatic heterocycles. The van der Waals surface area contributed by atoms with Crippen LogP contribution in [0.3, 0.4) is 0 Å². The predicted octanol–water partition coefficient (Wildman–Crippen LogP) is 4.58. The highest BCUT2D eigenvalue weighted by molar-refractivity contribution is 6.07. The standard InChI is InChI=1S/C25H34N2O5/c1-8-32-25(30)22-16(4)21(17(5)26-22)23(28)18(6)27(14-13-15(2)3)24(29)19-9-11-20(31-7)12-10-19/h9-12,15,18,26H,8,13-14H2,1-7H3/t18-/m0/s1. The molecule has 0 bridgehead atoms. The van der Waals surface area contributed by atoms with Crippen LogP contribution in [0.4, 0.5) is 0 Å². The summed E-state index contributed by atoms with van der Waals surface area (Å²) in [6.45, 7) is 11.8. The quantitative estimate of drug-likeness (QED) is 0.430. The minimum Gasteiger partial charge on any atom is -0.497 e. The van der Waals surface area contributed by atoms with E-state index >= 15 is 0 Å². The van der Waals surface area contributed by atoms with Crippen LogP contribution >= 0.6 is 0 Å². The number of aromatic nitrogens is 1. The lowest BCUT2D eigenvalue weighted by molar-refractivity contribution is 0.0518. The summed E-state index contributed by atoms with van der Waals surface area (Å²) in [4.78, 5) is 43.7. The zero-order chi connectivity index (χ0) is 24.0. The van der Waals surface area contributed by atoms with Gasteiger partial charge in [0.15, 0.2) is 5.78 Å². The van der Waals surface area contributed by atoms with Gasteiger partial charge in [-0.15, -0.1) is 0 Å². The van der Waals surface area contributed by atoms with E-state index in [1.165, 1.54) is 0 Å². The van der Waals surface area contributed by atoms with Crippen LogP contribution in [0.1, 0.15) is 76.6 Å². The number of rotatable bonds is 10. The van der Waals surface area contributed by atoms with E-state index in [4.69, 9.17) is 9.47 Å². The van der Waals surface area contributed by atoms with Crippen molar-refractivity contribution < 1.29 is 23.9 Å². The van der Waals surface area contributed by atoms with Crippen molar-refractivity contribution in [3.05, 3.63) is 52.3 Å². The van der Waals surface area contributed by atoms with Gasteiger partial charge in [-0.3, -0.25) is 9.59 Å². The number of nitrogens with zero attached hydrogens (tertiary/aromatic N) is 1. The molecule has 1 aromatic carbocycles. The van der Waals surface area contributed by atoms with E-state index in [1.54, 1.807) is 64.0 Å². The molecule has 2 aromatic rings. The van der Waals surface area contributed by atoms with Crippen LogP contribution in [0.25, 0.3) is 0 Å². The first-order valence-electron chi connectivity index (χ1n) is 11.0. The Morgan fingerprint density at radius 1 is 1.06 bits per heavy atom. The molecule has 32 heavy (non-hydrogen) atoms. The number of hydrogen-bond acceptors (Lipinski definition) is 5. The number of esters is 1. The highest BCUT2D eigenvalue weighted by Crippen LogP contribution is 2.24. The number of aromatic amines is 1. The zero-order valence-electron chi connectivity index (χ0n) is 20.1. The fraction of sp³-hybridized carbons (Fsp3) is 0.480. The first kappa shape index (κ1) is 25.2. The Morgan fingerprint density at radius 2 is 1.69 bits per heavy atom. The van der Waals surface area contributed by atoms with Crippen LogP contribution in [-0.2, 0) is 4.74 Å². The van der Waals surface area contributed by atoms with E-state index in [9.17, 15) is 14.4 Å². The fourth-order valence-electron chi connectivity index (χ4n) is 3.65. The number of Topliss-reactive ketones (excluding diaryl/α,β-unsaturated/α-hetero) is 1. The molecule has 1 amide bonds. The molecular formula is C25H34N2O5. The minimum atomic E-state index is -0.702. The van der Waals surface area contributed by atoms with Crippen LogP contribution in [0.2, 0.25) is 0 Å². The topological polar surface area (TPSA) is 88.7 Å². The summed E-state index contributed by atoms with van der Waals surface area (Å²) >= 11 is 0. The zero-order valence-corrected chi connectivity index (χ0v) is 20.1. The number of ketones is 1. The van der Waals surface area contributed by atoms with Crippen molar-refractivity contribution in [2.24, 2.45) is 5.92 Å². The van der Waals surface area contributed by atoms with Crippen LogP contribution in [0.5, 0.6) is 5.75 Å². The summed E-state index contributed by atoms with van der Waals surface area (Å²) in [6, 6.07) is 6.16. The van der Waals surface area contributed by atoms with E-state index < -0.39 is 12.0 Å². The van der Waals surface area contributed by atoms with E-state index in [1.807, 2.05) is 0 Å². The second kappa shape index (κ2) is 11.0. The van der Waals surface area contributed by atoms with Gasteiger partial charge in [0.25, 0.3) is 5.91 Å². The molecule has 0 unspecified atom stereocenters. The lowest BCUT2D eigenvalue weighted by Crippen LogP contribution is -2.44. The summed E-state index contributed by atoms with van der Waals surface area (Å²) < 4.78 is 10.3. The van der Waals surface area contributed by atoms with Gasteiger partial charge in [0.1, 0.15) is 11.4 Å². The van der Waals surface area contributed by atoms with Gasteiger partial charge in [-0.25, -0.2) is 4.79 Å². The number of aryl methyl sites for hydroxylation is 1. The van der Waals surface area contributed by atoms with Crippen LogP contribution in [0.15, 0.2) is 24.3 Å². The Kier molecular flexibility index (Phi) is 8.63. The SMILES string of the molecule is CCOC(=O)c1[nH]c(C)c(C(=O)[C@H](C)N(CCC(C)C)C(=O)c2ccc(OC)cc2)c1C. The van der Waals surface area contributed by atoms with E-state index in [-0.39, 0.29) is 24.0 Å². The van der Waals surface area contributed by atoms with Gasteiger partial charge in [-0.2, -0.15) is 0 Å². The van der Waals surface area contributed by atoms with Gasteiger partial charge < -0.3 is 19.4 Å². The second-order valence-corrected chi connectivity index (χ2v) is 8.30. The van der Waals surface area contributed by atoms with Gasteiger partial charge in [0.05, 0.1) is 19.8 Å². The number of H-pyrrole nitrogens is 1. The molecule has 0 saturated carbocycles. The van der Waals surface area contributed by atoms with Gasteiger partial charge in [0, 0.05) is 23.4 Å². The molecule has 1 N–H and O–H groups in total. The maximum atomic E-state index is 13.5. The third kappa shape index (κ3) is 5.58. The number of carbonyl (C=O) groups excluding carboxylic acids is 3. The molecule has 7 nitrogen and oxygen atoms in total. The summed E-state index contributed by atoms with van der Waals surface area (Å²) in [5.74, 6) is 0.105. The van der Waals surface area contributed by atoms with Crippen LogP contribution < -0.4 is 4.74 Å². The van der Waals surface area contributed by atoms with Crippen LogP contribution in [-0.4, -0.2) is 53.8 Å². The highest BCUT2D eigenvalue weighted by Gasteiger charge is 2.31. The van der Waals surface area contributed by atoms with E-state index in [2.05, 4.69) is 18.8 Å². The fourth-order valence-corrected chi connectivity index (χ4v) is 3.65. The maximum Gasteiger partial charge on any atom is 0.355 e. The predicted molar refractivity (Wildman–Crippen MR) is 124 cm³/mol. The molecule has 7 heteroatoms. The summed E-state index contributed by atoms with van der Waals surface area (Å²) in [7, 11) is 1.57. The van der Waals surface area contributed by atoms with Crippen molar-refractivity contribution in [2.75, 3.05) is 20.3 Å². The Hall–Kier alpha value is -3.09. The summed E-state index contributed by atoms with van der Waals surface area (Å²) in [5.41, 5.74) is 2.32. The van der Waals surface area contributed by atoms with Crippen molar-refractivity contribution >= 4 is 17.7 Å². The number of amides is 1. The Balaban J connectivity index is 2.38. The Morgan fingerprint density at radius 3 is 2.22 bits per heavy atom. The highest BCUT2D eigenvalue weighted by atomic mass is 16.5. The molecule has 0 saturated heterocycles. The maximum absolute atomic E-state index is 13.5. The van der Waals surface area contributed by atoms with Crippen molar-refractivity contribution in [1.82, 2.24) is 9.88 Å². The summed E-state index contributed by atoms with van der Waals surface area (Å²) in [5, 5.41) is 0. The van der Waals surface area contributed by atoms with Gasteiger partial charge in [0.2, 0.25) is 0 Å². The van der Waals surface area contributed by atoms with Gasteiger partial charge >= 0.3 is 5.97 Å². The first-order chi connectivity index (χ1) is 15.1. The number of benzene rings is 1. The molecule has 2 rings (SSSR count). The Bertz CT molecular complexity index is 959. The number of hydrogen-bond donors (Lipinski definition) is 1. The van der Waals surface area contributed by atoms with Crippen molar-refractivity contribution in [3.8, 4) is 5.75 Å². The molecule has 1 heterocycles. The average Bonchev–Trinajstić information content (AvgIpc) is 3.07. The number of carbonyl (C=O) groups is 3. The normalized spacial score (nSPS) is 11.9. The van der Waals surface area contributed by atoms with Crippen LogP contribution in [0, 0.1) is 19.8 Å². The average molecular weight is 443 g/mol. The smallest absolute Gasteiger partial charge is 0.355 e. The number of methoxy groups -OCH3 is 1.